The van der Waals surface area contributed by atoms with Crippen molar-refractivity contribution in [2.45, 2.75) is 32.1 Å². The van der Waals surface area contributed by atoms with E-state index in [2.05, 4.69) is 31.2 Å². The third-order valence-corrected chi connectivity index (χ3v) is 4.07. The second-order valence-electron chi connectivity index (χ2n) is 5.07. The molecule has 1 aromatic carbocycles. The van der Waals surface area contributed by atoms with Crippen molar-refractivity contribution >= 4 is 5.78 Å². The van der Waals surface area contributed by atoms with Gasteiger partial charge in [-0.15, -0.1) is 0 Å². The molecule has 2 heteroatoms. The van der Waals surface area contributed by atoms with Gasteiger partial charge in [-0.05, 0) is 30.4 Å². The Kier molecular flexibility index (Phi) is 2.94. The van der Waals surface area contributed by atoms with Gasteiger partial charge in [0.05, 0.1) is 6.61 Å². The zero-order chi connectivity index (χ0) is 12.5. The van der Waals surface area contributed by atoms with Crippen LogP contribution in [0.3, 0.4) is 0 Å². The Bertz CT molecular complexity index is 487. The maximum Gasteiger partial charge on any atom is 0.201 e. The predicted molar refractivity (Wildman–Crippen MR) is 70.2 cm³/mol. The number of ketones is 1. The smallest absolute Gasteiger partial charge is 0.201 e. The summed E-state index contributed by atoms with van der Waals surface area (Å²) in [6.45, 7) is 2.79. The molecule has 94 valence electrons. The largest absolute Gasteiger partial charge is 0.490 e. The van der Waals surface area contributed by atoms with Crippen LogP contribution < -0.4 is 0 Å². The SMILES string of the molecule is CC[C@@H]1C(=O)C2=C(CCCO2)[C@@H]1c1ccccc1. The van der Waals surface area contributed by atoms with Crippen molar-refractivity contribution in [1.82, 2.24) is 0 Å². The fourth-order valence-electron chi connectivity index (χ4n) is 3.25. The van der Waals surface area contributed by atoms with E-state index in [4.69, 9.17) is 4.74 Å². The van der Waals surface area contributed by atoms with Crippen molar-refractivity contribution in [2.24, 2.45) is 5.92 Å². The van der Waals surface area contributed by atoms with Crippen LogP contribution in [0.1, 0.15) is 37.7 Å². The zero-order valence-electron chi connectivity index (χ0n) is 10.7. The molecule has 18 heavy (non-hydrogen) atoms. The minimum absolute atomic E-state index is 0.0792. The molecule has 0 spiro atoms. The van der Waals surface area contributed by atoms with Gasteiger partial charge in [0.2, 0.25) is 5.78 Å². The minimum atomic E-state index is 0.0792. The molecule has 0 N–H and O–H groups in total. The number of allylic oxidation sites excluding steroid dienone is 2. The molecule has 0 bridgehead atoms. The molecule has 1 aliphatic heterocycles. The molecule has 1 heterocycles. The number of carbonyl (C=O) groups is 1. The third-order valence-electron chi connectivity index (χ3n) is 4.07. The summed E-state index contributed by atoms with van der Waals surface area (Å²) in [7, 11) is 0. The van der Waals surface area contributed by atoms with Crippen molar-refractivity contribution in [1.29, 1.82) is 0 Å². The molecule has 1 aromatic rings. The highest BCUT2D eigenvalue weighted by atomic mass is 16.5. The van der Waals surface area contributed by atoms with Crippen LogP contribution in [0.15, 0.2) is 41.7 Å². The van der Waals surface area contributed by atoms with E-state index >= 15 is 0 Å². The van der Waals surface area contributed by atoms with E-state index in [9.17, 15) is 4.79 Å². The second-order valence-corrected chi connectivity index (χ2v) is 5.07. The molecular weight excluding hydrogens is 224 g/mol. The van der Waals surface area contributed by atoms with Crippen molar-refractivity contribution in [3.63, 3.8) is 0 Å². The number of hydrogen-bond acceptors (Lipinski definition) is 2. The van der Waals surface area contributed by atoms with Gasteiger partial charge < -0.3 is 4.74 Å². The van der Waals surface area contributed by atoms with Crippen LogP contribution in [0.4, 0.5) is 0 Å². The summed E-state index contributed by atoms with van der Waals surface area (Å²) >= 11 is 0. The summed E-state index contributed by atoms with van der Waals surface area (Å²) in [6.07, 6.45) is 2.93. The Hall–Kier alpha value is -1.57. The van der Waals surface area contributed by atoms with Gasteiger partial charge in [-0.3, -0.25) is 4.79 Å². The van der Waals surface area contributed by atoms with Gasteiger partial charge in [-0.2, -0.15) is 0 Å². The first-order valence-electron chi connectivity index (χ1n) is 6.78. The molecule has 0 amide bonds. The average molecular weight is 242 g/mol. The quantitative estimate of drug-likeness (QED) is 0.794. The monoisotopic (exact) mass is 242 g/mol. The van der Waals surface area contributed by atoms with Gasteiger partial charge in [0.15, 0.2) is 5.76 Å². The first-order chi connectivity index (χ1) is 8.83. The molecule has 0 saturated heterocycles. The second kappa shape index (κ2) is 4.60. The summed E-state index contributed by atoms with van der Waals surface area (Å²) in [6, 6.07) is 10.4. The van der Waals surface area contributed by atoms with Gasteiger partial charge in [-0.1, -0.05) is 37.3 Å². The highest BCUT2D eigenvalue weighted by molar-refractivity contribution is 6.00. The van der Waals surface area contributed by atoms with E-state index in [1.54, 1.807) is 0 Å². The summed E-state index contributed by atoms with van der Waals surface area (Å²) in [5.74, 6) is 1.23. The van der Waals surface area contributed by atoms with E-state index in [1.807, 2.05) is 6.07 Å². The van der Waals surface area contributed by atoms with Crippen molar-refractivity contribution in [3.05, 3.63) is 47.2 Å². The lowest BCUT2D eigenvalue weighted by Crippen LogP contribution is -2.16. The standard InChI is InChI=1S/C16H18O2/c1-2-12-14(11-7-4-3-5-8-11)13-9-6-10-18-16(13)15(12)17/h3-5,7-8,12,14H,2,6,9-10H2,1H3/t12-,14+/m0/s1. The maximum absolute atomic E-state index is 12.4. The van der Waals surface area contributed by atoms with Crippen LogP contribution in [0.5, 0.6) is 0 Å². The number of rotatable bonds is 2. The van der Waals surface area contributed by atoms with Crippen LogP contribution in [-0.4, -0.2) is 12.4 Å². The molecule has 0 unspecified atom stereocenters. The van der Waals surface area contributed by atoms with Crippen molar-refractivity contribution < 1.29 is 9.53 Å². The van der Waals surface area contributed by atoms with E-state index in [0.29, 0.717) is 12.4 Å². The highest BCUT2D eigenvalue weighted by Crippen LogP contribution is 2.46. The zero-order valence-corrected chi connectivity index (χ0v) is 10.7. The number of hydrogen-bond donors (Lipinski definition) is 0. The molecule has 0 fully saturated rings. The van der Waals surface area contributed by atoms with E-state index in [1.165, 1.54) is 11.1 Å². The fraction of sp³-hybridized carbons (Fsp3) is 0.438. The molecule has 0 saturated carbocycles. The Balaban J connectivity index is 2.05. The van der Waals surface area contributed by atoms with E-state index in [-0.39, 0.29) is 17.6 Å². The molecular formula is C16H18O2. The maximum atomic E-state index is 12.4. The Morgan fingerprint density at radius 2 is 2.06 bits per heavy atom. The van der Waals surface area contributed by atoms with Crippen LogP contribution in [0, 0.1) is 5.92 Å². The van der Waals surface area contributed by atoms with Crippen LogP contribution in [0.2, 0.25) is 0 Å². The summed E-state index contributed by atoms with van der Waals surface area (Å²) in [4.78, 5) is 12.4. The van der Waals surface area contributed by atoms with Crippen molar-refractivity contribution in [2.75, 3.05) is 6.61 Å². The molecule has 0 radical (unpaired) electrons. The molecule has 1 aliphatic carbocycles. The molecule has 3 rings (SSSR count). The molecule has 2 aliphatic rings. The average Bonchev–Trinajstić information content (AvgIpc) is 2.73. The highest BCUT2D eigenvalue weighted by Gasteiger charge is 2.43. The third kappa shape index (κ3) is 1.67. The molecule has 2 atom stereocenters. The number of Topliss-reactive ketones (excluding diaryl/α,β-unsaturated/α-hetero) is 1. The van der Waals surface area contributed by atoms with Gasteiger partial charge in [0.1, 0.15) is 0 Å². The predicted octanol–water partition coefficient (Wildman–Crippen LogP) is 3.44. The van der Waals surface area contributed by atoms with Crippen LogP contribution in [0.25, 0.3) is 0 Å². The minimum Gasteiger partial charge on any atom is -0.490 e. The normalized spacial score (nSPS) is 27.1. The summed E-state index contributed by atoms with van der Waals surface area (Å²) < 4.78 is 5.63. The van der Waals surface area contributed by atoms with E-state index in [0.717, 1.165) is 19.3 Å². The van der Waals surface area contributed by atoms with Gasteiger partial charge in [0.25, 0.3) is 0 Å². The van der Waals surface area contributed by atoms with Crippen LogP contribution >= 0.6 is 0 Å². The number of ether oxygens (including phenoxy) is 1. The lowest BCUT2D eigenvalue weighted by Gasteiger charge is -2.22. The lowest BCUT2D eigenvalue weighted by atomic mass is 9.81. The molecule has 0 aromatic heterocycles. The number of benzene rings is 1. The van der Waals surface area contributed by atoms with Gasteiger partial charge in [-0.25, -0.2) is 0 Å². The molecule has 2 nitrogen and oxygen atoms in total. The van der Waals surface area contributed by atoms with Crippen LogP contribution in [-0.2, 0) is 9.53 Å². The Morgan fingerprint density at radius 3 is 2.78 bits per heavy atom. The fourth-order valence-corrected chi connectivity index (χ4v) is 3.25. The van der Waals surface area contributed by atoms with E-state index < -0.39 is 0 Å². The first-order valence-corrected chi connectivity index (χ1v) is 6.78. The van der Waals surface area contributed by atoms with Gasteiger partial charge >= 0.3 is 0 Å². The lowest BCUT2D eigenvalue weighted by molar-refractivity contribution is -0.121. The summed E-state index contributed by atoms with van der Waals surface area (Å²) in [5, 5.41) is 0. The number of carbonyl (C=O) groups excluding carboxylic acids is 1. The topological polar surface area (TPSA) is 26.3 Å². The Morgan fingerprint density at radius 1 is 1.28 bits per heavy atom. The first kappa shape index (κ1) is 11.5. The summed E-state index contributed by atoms with van der Waals surface area (Å²) in [5.41, 5.74) is 2.50. The van der Waals surface area contributed by atoms with Gasteiger partial charge in [0, 0.05) is 11.8 Å². The Labute approximate surface area is 108 Å². The van der Waals surface area contributed by atoms with Crippen molar-refractivity contribution in [3.8, 4) is 0 Å².